The van der Waals surface area contributed by atoms with Crippen molar-refractivity contribution in [2.45, 2.75) is 42.9 Å². The van der Waals surface area contributed by atoms with Gasteiger partial charge >= 0.3 is 0 Å². The molecule has 0 N–H and O–H groups in total. The van der Waals surface area contributed by atoms with Gasteiger partial charge in [-0.1, -0.05) is 11.6 Å². The van der Waals surface area contributed by atoms with Crippen LogP contribution < -0.4 is 0 Å². The van der Waals surface area contributed by atoms with E-state index in [1.165, 1.54) is 11.8 Å². The minimum absolute atomic E-state index is 0.443. The van der Waals surface area contributed by atoms with Crippen LogP contribution in [0.2, 0.25) is 5.15 Å². The first-order valence-electron chi connectivity index (χ1n) is 5.62. The molecule has 1 saturated carbocycles. The van der Waals surface area contributed by atoms with Gasteiger partial charge in [-0.15, -0.1) is 15.3 Å². The lowest BCUT2D eigenvalue weighted by Gasteiger charge is -2.06. The van der Waals surface area contributed by atoms with Crippen molar-refractivity contribution < 1.29 is 0 Å². The van der Waals surface area contributed by atoms with E-state index in [1.807, 2.05) is 18.5 Å². The van der Waals surface area contributed by atoms with E-state index in [0.29, 0.717) is 11.2 Å². The largest absolute Gasteiger partial charge is 0.217 e. The second-order valence-electron chi connectivity index (χ2n) is 4.29. The second kappa shape index (κ2) is 4.47. The van der Waals surface area contributed by atoms with Gasteiger partial charge in [0.1, 0.15) is 5.03 Å². The maximum Gasteiger partial charge on any atom is 0.215 e. The summed E-state index contributed by atoms with van der Waals surface area (Å²) < 4.78 is 1.86. The fourth-order valence-electron chi connectivity index (χ4n) is 1.54. The van der Waals surface area contributed by atoms with Gasteiger partial charge in [0.2, 0.25) is 5.16 Å². The van der Waals surface area contributed by atoms with Gasteiger partial charge in [-0.25, -0.2) is 4.68 Å². The lowest BCUT2D eigenvalue weighted by atomic mass is 10.2. The van der Waals surface area contributed by atoms with Crippen molar-refractivity contribution in [3.8, 4) is 0 Å². The third kappa shape index (κ3) is 2.08. The fourth-order valence-corrected chi connectivity index (χ4v) is 2.64. The summed E-state index contributed by atoms with van der Waals surface area (Å²) in [5, 5.41) is 21.8. The highest BCUT2D eigenvalue weighted by Crippen LogP contribution is 2.38. The Balaban J connectivity index is 1.92. The average molecular weight is 283 g/mol. The Morgan fingerprint density at radius 1 is 1.17 bits per heavy atom. The number of tetrazole rings is 1. The van der Waals surface area contributed by atoms with Gasteiger partial charge in [-0.05, 0) is 60.0 Å². The number of nitrogens with zero attached hydrogens (tertiary/aromatic N) is 6. The molecule has 1 fully saturated rings. The molecule has 0 saturated heterocycles. The van der Waals surface area contributed by atoms with Crippen molar-refractivity contribution in [2.75, 3.05) is 0 Å². The minimum Gasteiger partial charge on any atom is -0.217 e. The first-order chi connectivity index (χ1) is 8.66. The van der Waals surface area contributed by atoms with Crippen molar-refractivity contribution in [2.24, 2.45) is 0 Å². The van der Waals surface area contributed by atoms with E-state index in [1.54, 1.807) is 0 Å². The summed E-state index contributed by atoms with van der Waals surface area (Å²) in [4.78, 5) is 0. The summed E-state index contributed by atoms with van der Waals surface area (Å²) in [5.41, 5.74) is 1.96. The van der Waals surface area contributed by atoms with Gasteiger partial charge in [-0.2, -0.15) is 0 Å². The molecule has 1 aliphatic carbocycles. The van der Waals surface area contributed by atoms with Gasteiger partial charge in [0, 0.05) is 0 Å². The number of hydrogen-bond acceptors (Lipinski definition) is 6. The van der Waals surface area contributed by atoms with Gasteiger partial charge < -0.3 is 0 Å². The molecular weight excluding hydrogens is 272 g/mol. The van der Waals surface area contributed by atoms with Crippen molar-refractivity contribution in [3.05, 3.63) is 16.3 Å². The Morgan fingerprint density at radius 2 is 1.94 bits per heavy atom. The molecule has 6 nitrogen and oxygen atoms in total. The zero-order chi connectivity index (χ0) is 12.7. The first kappa shape index (κ1) is 11.9. The lowest BCUT2D eigenvalue weighted by molar-refractivity contribution is 0.565. The predicted octanol–water partition coefficient (Wildman–Crippen LogP) is 2.22. The molecular formula is C10H11ClN6S. The van der Waals surface area contributed by atoms with Gasteiger partial charge in [0.25, 0.3) is 0 Å². The molecule has 0 aliphatic heterocycles. The van der Waals surface area contributed by atoms with Crippen molar-refractivity contribution in [3.63, 3.8) is 0 Å². The maximum atomic E-state index is 5.93. The zero-order valence-electron chi connectivity index (χ0n) is 9.96. The third-order valence-electron chi connectivity index (χ3n) is 2.96. The Bertz CT molecular complexity index is 594. The van der Waals surface area contributed by atoms with E-state index in [-0.39, 0.29) is 0 Å². The molecule has 0 aromatic carbocycles. The number of halogens is 1. The Hall–Kier alpha value is -1.21. The highest BCUT2D eigenvalue weighted by molar-refractivity contribution is 7.99. The fraction of sp³-hybridized carbons (Fsp3) is 0.500. The van der Waals surface area contributed by atoms with E-state index in [0.717, 1.165) is 34.2 Å². The molecule has 0 unspecified atom stereocenters. The van der Waals surface area contributed by atoms with Crippen LogP contribution in [0.1, 0.15) is 30.0 Å². The SMILES string of the molecule is Cc1c(Cl)nnc(Sc2nnnn2C2CC2)c1C. The molecule has 18 heavy (non-hydrogen) atoms. The molecule has 0 amide bonds. The van der Waals surface area contributed by atoms with Gasteiger partial charge in [0.05, 0.1) is 6.04 Å². The Kier molecular flexibility index (Phi) is 2.95. The van der Waals surface area contributed by atoms with E-state index < -0.39 is 0 Å². The molecule has 1 aliphatic rings. The topological polar surface area (TPSA) is 69.4 Å². The Labute approximate surface area is 113 Å². The normalized spacial score (nSPS) is 15.1. The van der Waals surface area contributed by atoms with E-state index >= 15 is 0 Å². The van der Waals surface area contributed by atoms with Crippen LogP contribution in [-0.4, -0.2) is 30.4 Å². The summed E-state index contributed by atoms with van der Waals surface area (Å²) in [6.45, 7) is 3.91. The van der Waals surface area contributed by atoms with Crippen LogP contribution in [0.15, 0.2) is 10.2 Å². The summed E-state index contributed by atoms with van der Waals surface area (Å²) in [6, 6.07) is 0.448. The quantitative estimate of drug-likeness (QED) is 0.860. The third-order valence-corrected chi connectivity index (χ3v) is 4.36. The van der Waals surface area contributed by atoms with Crippen molar-refractivity contribution in [1.82, 2.24) is 30.4 Å². The standard InChI is InChI=1S/C10H11ClN6S/c1-5-6(2)9(13-12-8(5)11)18-10-14-15-16-17(10)7-3-4-7/h7H,3-4H2,1-2H3. The predicted molar refractivity (Wildman–Crippen MR) is 66.7 cm³/mol. The molecule has 0 bridgehead atoms. The van der Waals surface area contributed by atoms with Crippen LogP contribution in [0.5, 0.6) is 0 Å². The van der Waals surface area contributed by atoms with Crippen LogP contribution in [0.25, 0.3) is 0 Å². The molecule has 0 spiro atoms. The molecule has 2 aromatic heterocycles. The summed E-state index contributed by atoms with van der Waals surface area (Å²) in [5.74, 6) is 0. The monoisotopic (exact) mass is 282 g/mol. The molecule has 2 heterocycles. The molecule has 0 atom stereocenters. The van der Waals surface area contributed by atoms with Crippen molar-refractivity contribution >= 4 is 23.4 Å². The smallest absolute Gasteiger partial charge is 0.215 e. The highest BCUT2D eigenvalue weighted by atomic mass is 35.5. The van der Waals surface area contributed by atoms with E-state index in [4.69, 9.17) is 11.6 Å². The van der Waals surface area contributed by atoms with Crippen LogP contribution in [0.3, 0.4) is 0 Å². The molecule has 2 aromatic rings. The first-order valence-corrected chi connectivity index (χ1v) is 6.81. The highest BCUT2D eigenvalue weighted by Gasteiger charge is 2.28. The van der Waals surface area contributed by atoms with Crippen LogP contribution in [-0.2, 0) is 0 Å². The van der Waals surface area contributed by atoms with Crippen molar-refractivity contribution in [1.29, 1.82) is 0 Å². The minimum atomic E-state index is 0.443. The van der Waals surface area contributed by atoms with E-state index in [2.05, 4.69) is 25.7 Å². The number of rotatable bonds is 3. The molecule has 3 rings (SSSR count). The molecule has 0 radical (unpaired) electrons. The van der Waals surface area contributed by atoms with Crippen LogP contribution in [0.4, 0.5) is 0 Å². The van der Waals surface area contributed by atoms with Crippen LogP contribution >= 0.6 is 23.4 Å². The van der Waals surface area contributed by atoms with E-state index in [9.17, 15) is 0 Å². The molecule has 8 heteroatoms. The summed E-state index contributed by atoms with van der Waals surface area (Å²) in [6.07, 6.45) is 2.28. The number of aromatic nitrogens is 6. The van der Waals surface area contributed by atoms with Gasteiger partial charge in [0.15, 0.2) is 5.15 Å². The number of hydrogen-bond donors (Lipinski definition) is 0. The maximum absolute atomic E-state index is 5.93. The summed E-state index contributed by atoms with van der Waals surface area (Å²) in [7, 11) is 0. The second-order valence-corrected chi connectivity index (χ2v) is 5.60. The Morgan fingerprint density at radius 3 is 2.67 bits per heavy atom. The molecule has 94 valence electrons. The lowest BCUT2D eigenvalue weighted by Crippen LogP contribution is -2.00. The van der Waals surface area contributed by atoms with Crippen LogP contribution in [0, 0.1) is 13.8 Å². The average Bonchev–Trinajstić information content (AvgIpc) is 3.11. The van der Waals surface area contributed by atoms with Gasteiger partial charge in [-0.3, -0.25) is 0 Å². The summed E-state index contributed by atoms with van der Waals surface area (Å²) >= 11 is 7.36. The zero-order valence-corrected chi connectivity index (χ0v) is 11.5.